The van der Waals surface area contributed by atoms with Gasteiger partial charge >= 0.3 is 0 Å². The second-order valence-corrected chi connectivity index (χ2v) is 7.03. The number of hydrogen-bond acceptors (Lipinski definition) is 3. The summed E-state index contributed by atoms with van der Waals surface area (Å²) in [5.74, 6) is 0.717. The fourth-order valence-corrected chi connectivity index (χ4v) is 3.19. The molecule has 0 aromatic heterocycles. The number of carbonyl (C=O) groups excluding carboxylic acids is 2. The average molecular weight is 387 g/mol. The molecule has 27 heavy (non-hydrogen) atoms. The standard InChI is InChI=1S/C21H23ClN2O3/c1-16-5-7-17(8-6-16)21(26)24-12-10-23(11-13-24)20(25)9-14-27-19-4-2-3-18(22)15-19/h2-8,15H,9-14H2,1H3. The summed E-state index contributed by atoms with van der Waals surface area (Å²) in [6, 6.07) is 14.7. The molecule has 0 radical (unpaired) electrons. The molecule has 1 fully saturated rings. The van der Waals surface area contributed by atoms with Crippen molar-refractivity contribution in [2.24, 2.45) is 0 Å². The fourth-order valence-electron chi connectivity index (χ4n) is 3.01. The summed E-state index contributed by atoms with van der Waals surface area (Å²) in [6.07, 6.45) is 0.304. The lowest BCUT2D eigenvalue weighted by Crippen LogP contribution is -2.50. The summed E-state index contributed by atoms with van der Waals surface area (Å²) in [4.78, 5) is 28.5. The maximum absolute atomic E-state index is 12.5. The van der Waals surface area contributed by atoms with Crippen molar-refractivity contribution >= 4 is 23.4 Å². The number of amides is 2. The topological polar surface area (TPSA) is 49.9 Å². The van der Waals surface area contributed by atoms with Gasteiger partial charge in [0.2, 0.25) is 5.91 Å². The van der Waals surface area contributed by atoms with Crippen LogP contribution in [0.2, 0.25) is 5.02 Å². The summed E-state index contributed by atoms with van der Waals surface area (Å²) >= 11 is 5.91. The highest BCUT2D eigenvalue weighted by molar-refractivity contribution is 6.30. The molecule has 1 aliphatic rings. The number of benzene rings is 2. The maximum atomic E-state index is 12.5. The third kappa shape index (κ3) is 5.23. The lowest BCUT2D eigenvalue weighted by atomic mass is 10.1. The van der Waals surface area contributed by atoms with Gasteiger partial charge < -0.3 is 14.5 Å². The molecule has 0 bridgehead atoms. The van der Waals surface area contributed by atoms with Gasteiger partial charge in [0, 0.05) is 36.8 Å². The Balaban J connectivity index is 1.43. The van der Waals surface area contributed by atoms with E-state index >= 15 is 0 Å². The number of piperazine rings is 1. The quantitative estimate of drug-likeness (QED) is 0.791. The molecule has 5 nitrogen and oxygen atoms in total. The van der Waals surface area contributed by atoms with Gasteiger partial charge in [-0.1, -0.05) is 35.4 Å². The second kappa shape index (κ2) is 8.91. The molecule has 3 rings (SSSR count). The Morgan fingerprint density at radius 1 is 1.00 bits per heavy atom. The van der Waals surface area contributed by atoms with E-state index in [0.717, 1.165) is 5.56 Å². The van der Waals surface area contributed by atoms with E-state index in [1.54, 1.807) is 21.9 Å². The van der Waals surface area contributed by atoms with Crippen molar-refractivity contribution in [3.8, 4) is 5.75 Å². The van der Waals surface area contributed by atoms with Crippen LogP contribution < -0.4 is 4.74 Å². The Morgan fingerprint density at radius 2 is 1.67 bits per heavy atom. The van der Waals surface area contributed by atoms with Crippen LogP contribution in [0.4, 0.5) is 0 Å². The first-order chi connectivity index (χ1) is 13.0. The number of rotatable bonds is 5. The van der Waals surface area contributed by atoms with Gasteiger partial charge in [-0.15, -0.1) is 0 Å². The zero-order valence-corrected chi connectivity index (χ0v) is 16.1. The van der Waals surface area contributed by atoms with Gasteiger partial charge in [0.1, 0.15) is 5.75 Å². The summed E-state index contributed by atoms with van der Waals surface area (Å²) in [7, 11) is 0. The van der Waals surface area contributed by atoms with Gasteiger partial charge in [-0.3, -0.25) is 9.59 Å². The smallest absolute Gasteiger partial charge is 0.253 e. The molecule has 0 unspecified atom stereocenters. The van der Waals surface area contributed by atoms with E-state index in [4.69, 9.17) is 16.3 Å². The molecule has 1 aliphatic heterocycles. The molecule has 0 N–H and O–H groups in total. The molecule has 0 saturated carbocycles. The van der Waals surface area contributed by atoms with Crippen LogP contribution in [0, 0.1) is 6.92 Å². The van der Waals surface area contributed by atoms with Crippen LogP contribution in [-0.4, -0.2) is 54.4 Å². The van der Waals surface area contributed by atoms with E-state index < -0.39 is 0 Å². The average Bonchev–Trinajstić information content (AvgIpc) is 2.68. The minimum absolute atomic E-state index is 0.0198. The Bertz CT molecular complexity index is 799. The van der Waals surface area contributed by atoms with E-state index in [1.807, 2.05) is 43.3 Å². The summed E-state index contributed by atoms with van der Waals surface area (Å²) < 4.78 is 5.58. The van der Waals surface area contributed by atoms with Gasteiger partial charge in [-0.25, -0.2) is 0 Å². The second-order valence-electron chi connectivity index (χ2n) is 6.59. The Morgan fingerprint density at radius 3 is 2.33 bits per heavy atom. The molecule has 2 aromatic rings. The van der Waals surface area contributed by atoms with Gasteiger partial charge in [0.05, 0.1) is 13.0 Å². The monoisotopic (exact) mass is 386 g/mol. The molecule has 1 heterocycles. The number of aryl methyl sites for hydroxylation is 1. The number of ether oxygens (including phenoxy) is 1. The molecular weight excluding hydrogens is 364 g/mol. The minimum atomic E-state index is 0.0198. The Labute approximate surface area is 164 Å². The van der Waals surface area contributed by atoms with Crippen LogP contribution >= 0.6 is 11.6 Å². The van der Waals surface area contributed by atoms with Gasteiger partial charge in [-0.2, -0.15) is 0 Å². The van der Waals surface area contributed by atoms with Crippen LogP contribution in [0.25, 0.3) is 0 Å². The highest BCUT2D eigenvalue weighted by atomic mass is 35.5. The first-order valence-corrected chi connectivity index (χ1v) is 9.43. The Hall–Kier alpha value is -2.53. The van der Waals surface area contributed by atoms with Crippen molar-refractivity contribution in [2.75, 3.05) is 32.8 Å². The van der Waals surface area contributed by atoms with E-state index in [9.17, 15) is 9.59 Å². The van der Waals surface area contributed by atoms with Gasteiger partial charge in [0.25, 0.3) is 5.91 Å². The molecule has 6 heteroatoms. The molecule has 0 atom stereocenters. The predicted octanol–water partition coefficient (Wildman–Crippen LogP) is 3.40. The van der Waals surface area contributed by atoms with Crippen LogP contribution in [0.1, 0.15) is 22.3 Å². The van der Waals surface area contributed by atoms with Crippen LogP contribution in [0.15, 0.2) is 48.5 Å². The zero-order chi connectivity index (χ0) is 19.2. The van der Waals surface area contributed by atoms with E-state index in [1.165, 1.54) is 0 Å². The molecule has 1 saturated heterocycles. The number of nitrogens with zero attached hydrogens (tertiary/aromatic N) is 2. The Kier molecular flexibility index (Phi) is 6.35. The summed E-state index contributed by atoms with van der Waals surface area (Å²) in [5, 5.41) is 0.605. The van der Waals surface area contributed by atoms with Crippen molar-refractivity contribution in [1.29, 1.82) is 0 Å². The van der Waals surface area contributed by atoms with Crippen LogP contribution in [-0.2, 0) is 4.79 Å². The highest BCUT2D eigenvalue weighted by Gasteiger charge is 2.24. The van der Waals surface area contributed by atoms with Crippen LogP contribution in [0.3, 0.4) is 0 Å². The van der Waals surface area contributed by atoms with Crippen molar-refractivity contribution in [3.63, 3.8) is 0 Å². The third-order valence-corrected chi connectivity index (χ3v) is 4.83. The third-order valence-electron chi connectivity index (χ3n) is 4.60. The van der Waals surface area contributed by atoms with E-state index in [2.05, 4.69) is 0 Å². The fraction of sp³-hybridized carbons (Fsp3) is 0.333. The van der Waals surface area contributed by atoms with Crippen molar-refractivity contribution in [1.82, 2.24) is 9.80 Å². The molecule has 2 aromatic carbocycles. The molecule has 0 spiro atoms. The molecule has 0 aliphatic carbocycles. The molecule has 142 valence electrons. The van der Waals surface area contributed by atoms with E-state index in [-0.39, 0.29) is 11.8 Å². The highest BCUT2D eigenvalue weighted by Crippen LogP contribution is 2.17. The normalized spacial score (nSPS) is 14.1. The lowest BCUT2D eigenvalue weighted by Gasteiger charge is -2.35. The molecular formula is C21H23ClN2O3. The number of hydrogen-bond donors (Lipinski definition) is 0. The molecule has 2 amide bonds. The number of carbonyl (C=O) groups is 2. The lowest BCUT2D eigenvalue weighted by molar-refractivity contribution is -0.133. The maximum Gasteiger partial charge on any atom is 0.253 e. The van der Waals surface area contributed by atoms with Crippen molar-refractivity contribution in [2.45, 2.75) is 13.3 Å². The van der Waals surface area contributed by atoms with Crippen LogP contribution in [0.5, 0.6) is 5.75 Å². The minimum Gasteiger partial charge on any atom is -0.493 e. The van der Waals surface area contributed by atoms with Crippen molar-refractivity contribution in [3.05, 3.63) is 64.7 Å². The largest absolute Gasteiger partial charge is 0.493 e. The summed E-state index contributed by atoms with van der Waals surface area (Å²) in [6.45, 7) is 4.50. The van der Waals surface area contributed by atoms with Gasteiger partial charge in [-0.05, 0) is 37.3 Å². The van der Waals surface area contributed by atoms with Gasteiger partial charge in [0.15, 0.2) is 0 Å². The predicted molar refractivity (Wildman–Crippen MR) is 105 cm³/mol. The number of halogens is 1. The zero-order valence-electron chi connectivity index (χ0n) is 15.4. The first-order valence-electron chi connectivity index (χ1n) is 9.05. The summed E-state index contributed by atoms with van der Waals surface area (Å²) in [5.41, 5.74) is 1.82. The first kappa shape index (κ1) is 19.2. The SMILES string of the molecule is Cc1ccc(C(=O)N2CCN(C(=O)CCOc3cccc(Cl)c3)CC2)cc1. The van der Waals surface area contributed by atoms with E-state index in [0.29, 0.717) is 55.5 Å². The van der Waals surface area contributed by atoms with Crippen molar-refractivity contribution < 1.29 is 14.3 Å².